The molecule has 3 heterocycles. The van der Waals surface area contributed by atoms with E-state index in [-0.39, 0.29) is 17.3 Å². The highest BCUT2D eigenvalue weighted by Gasteiger charge is 2.63. The molecule has 2 amide bonds. The van der Waals surface area contributed by atoms with Gasteiger partial charge in [0.15, 0.2) is 11.6 Å². The van der Waals surface area contributed by atoms with E-state index in [1.807, 2.05) is 6.07 Å². The number of rotatable bonds is 5. The zero-order valence-corrected chi connectivity index (χ0v) is 21.4. The fraction of sp³-hybridized carbons (Fsp3) is 0.133. The van der Waals surface area contributed by atoms with E-state index in [0.29, 0.717) is 16.7 Å². The van der Waals surface area contributed by atoms with Crippen molar-refractivity contribution in [2.45, 2.75) is 12.1 Å². The number of hydrogen-bond acceptors (Lipinski definition) is 5. The number of anilines is 1. The van der Waals surface area contributed by atoms with E-state index in [0.717, 1.165) is 9.37 Å². The van der Waals surface area contributed by atoms with Crippen LogP contribution in [0.2, 0.25) is 0 Å². The second-order valence-corrected chi connectivity index (χ2v) is 10.3. The van der Waals surface area contributed by atoms with E-state index >= 15 is 0 Å². The van der Waals surface area contributed by atoms with Crippen LogP contribution in [0.3, 0.4) is 0 Å². The molecule has 3 aromatic rings. The fourth-order valence-electron chi connectivity index (χ4n) is 5.58. The minimum atomic E-state index is -0.972. The van der Waals surface area contributed by atoms with Gasteiger partial charge in [0.25, 0.3) is 0 Å². The molecule has 0 aliphatic carbocycles. The molecule has 6 nitrogen and oxygen atoms in total. The molecule has 4 atom stereocenters. The number of hydrogen-bond donors (Lipinski definition) is 0. The molecule has 0 spiro atoms. The Kier molecular flexibility index (Phi) is 5.91. The van der Waals surface area contributed by atoms with Crippen LogP contribution in [0.15, 0.2) is 107 Å². The first-order valence-electron chi connectivity index (χ1n) is 12.1. The van der Waals surface area contributed by atoms with Crippen LogP contribution in [-0.2, 0) is 9.59 Å². The lowest BCUT2D eigenvalue weighted by atomic mass is 9.85. The fourth-order valence-corrected chi connectivity index (χ4v) is 5.85. The molecule has 0 saturated carbocycles. The summed E-state index contributed by atoms with van der Waals surface area (Å²) < 4.78 is 14.4. The van der Waals surface area contributed by atoms with Gasteiger partial charge < -0.3 is 4.90 Å². The average molecular weight is 571 g/mol. The van der Waals surface area contributed by atoms with Crippen LogP contribution in [0.25, 0.3) is 0 Å². The van der Waals surface area contributed by atoms with Gasteiger partial charge >= 0.3 is 0 Å². The number of benzene rings is 3. The normalized spacial score (nSPS) is 23.8. The third-order valence-electron chi connectivity index (χ3n) is 7.33. The van der Waals surface area contributed by atoms with Crippen LogP contribution in [0.4, 0.5) is 10.1 Å². The van der Waals surface area contributed by atoms with Gasteiger partial charge in [0.05, 0.1) is 23.6 Å². The number of carbonyl (C=O) groups excluding carboxylic acids is 4. The summed E-state index contributed by atoms with van der Waals surface area (Å²) >= 11 is 3.37. The van der Waals surface area contributed by atoms with E-state index < -0.39 is 41.6 Å². The van der Waals surface area contributed by atoms with Crippen molar-refractivity contribution in [2.75, 3.05) is 4.90 Å². The van der Waals surface area contributed by atoms with Gasteiger partial charge in [-0.25, -0.2) is 9.29 Å². The number of allylic oxidation sites excluding steroid dienone is 2. The van der Waals surface area contributed by atoms with Crippen molar-refractivity contribution >= 4 is 45.0 Å². The Morgan fingerprint density at radius 3 is 2.13 bits per heavy atom. The minimum absolute atomic E-state index is 0.215. The summed E-state index contributed by atoms with van der Waals surface area (Å²) in [4.78, 5) is 57.3. The number of amides is 2. The number of halogens is 2. The van der Waals surface area contributed by atoms with Crippen molar-refractivity contribution in [3.63, 3.8) is 0 Å². The van der Waals surface area contributed by atoms with Gasteiger partial charge in [-0.2, -0.15) is 0 Å². The molecule has 3 aliphatic heterocycles. The molecule has 6 rings (SSSR count). The molecule has 3 aromatic carbocycles. The molecule has 0 N–H and O–H groups in total. The van der Waals surface area contributed by atoms with Crippen molar-refractivity contribution in [1.82, 2.24) is 4.90 Å². The highest BCUT2D eigenvalue weighted by Crippen LogP contribution is 2.47. The maximum Gasteiger partial charge on any atom is 0.240 e. The molecule has 0 radical (unpaired) electrons. The molecular formula is C30H20BrFN2O4. The van der Waals surface area contributed by atoms with Crippen LogP contribution in [0, 0.1) is 17.7 Å². The summed E-state index contributed by atoms with van der Waals surface area (Å²) in [6.07, 6.45) is 4.95. The highest BCUT2D eigenvalue weighted by molar-refractivity contribution is 9.10. The van der Waals surface area contributed by atoms with Gasteiger partial charge in [-0.1, -0.05) is 64.5 Å². The van der Waals surface area contributed by atoms with Gasteiger partial charge in [0.1, 0.15) is 11.9 Å². The lowest BCUT2D eigenvalue weighted by molar-refractivity contribution is -0.123. The molecule has 2 fully saturated rings. The summed E-state index contributed by atoms with van der Waals surface area (Å²) in [5.41, 5.74) is 1.53. The Morgan fingerprint density at radius 1 is 0.789 bits per heavy atom. The summed E-state index contributed by atoms with van der Waals surface area (Å²) in [7, 11) is 0. The second-order valence-electron chi connectivity index (χ2n) is 9.43. The maximum absolute atomic E-state index is 13.8. The highest BCUT2D eigenvalue weighted by atomic mass is 79.9. The van der Waals surface area contributed by atoms with Gasteiger partial charge in [0.2, 0.25) is 11.8 Å². The monoisotopic (exact) mass is 570 g/mol. The number of Topliss-reactive ketones (excluding diaryl/α,β-unsaturated/α-hetero) is 2. The Morgan fingerprint density at radius 2 is 1.45 bits per heavy atom. The zero-order valence-electron chi connectivity index (χ0n) is 19.8. The Hall–Kier alpha value is -4.17. The van der Waals surface area contributed by atoms with E-state index in [2.05, 4.69) is 15.9 Å². The lowest BCUT2D eigenvalue weighted by Gasteiger charge is -2.32. The molecule has 0 aromatic heterocycles. The van der Waals surface area contributed by atoms with Crippen molar-refractivity contribution in [3.05, 3.63) is 124 Å². The first-order valence-corrected chi connectivity index (χ1v) is 12.8. The topological polar surface area (TPSA) is 74.8 Å². The van der Waals surface area contributed by atoms with Crippen molar-refractivity contribution < 1.29 is 23.6 Å². The Bertz CT molecular complexity index is 1530. The zero-order chi connectivity index (χ0) is 26.6. The average Bonchev–Trinajstić information content (AvgIpc) is 3.41. The van der Waals surface area contributed by atoms with Crippen LogP contribution in [0.1, 0.15) is 20.7 Å². The second kappa shape index (κ2) is 9.29. The van der Waals surface area contributed by atoms with E-state index in [1.54, 1.807) is 71.8 Å². The predicted octanol–water partition coefficient (Wildman–Crippen LogP) is 4.97. The number of imide groups is 1. The number of fused-ring (bicyclic) bond motifs is 3. The number of ketones is 2. The molecule has 0 unspecified atom stereocenters. The summed E-state index contributed by atoms with van der Waals surface area (Å²) in [6, 6.07) is 19.1. The molecule has 3 aliphatic rings. The molecule has 188 valence electrons. The Labute approximate surface area is 226 Å². The van der Waals surface area contributed by atoms with Gasteiger partial charge in [-0.15, -0.1) is 0 Å². The molecule has 8 heteroatoms. The third kappa shape index (κ3) is 3.83. The van der Waals surface area contributed by atoms with Crippen molar-refractivity contribution in [1.29, 1.82) is 0 Å². The summed E-state index contributed by atoms with van der Waals surface area (Å²) in [5, 5.41) is 0. The number of nitrogens with zero attached hydrogens (tertiary/aromatic N) is 2. The van der Waals surface area contributed by atoms with Crippen molar-refractivity contribution in [3.8, 4) is 0 Å². The lowest BCUT2D eigenvalue weighted by Crippen LogP contribution is -2.46. The minimum Gasteiger partial charge on any atom is -0.359 e. The van der Waals surface area contributed by atoms with Gasteiger partial charge in [-0.3, -0.25) is 19.2 Å². The third-order valence-corrected chi connectivity index (χ3v) is 7.86. The molecule has 38 heavy (non-hydrogen) atoms. The standard InChI is InChI=1S/C30H20BrFN2O4/c31-20-8-6-18(7-9-20)28(36)26-25-24(29(37)34(30(25)38)22-12-10-21(32)11-13-22)23-16-19(14-15-33(23)26)27(35)17-4-2-1-3-5-17/h1-16,23-26H/t23-,24-,25-,26+/m1/s1. The number of carbonyl (C=O) groups is 4. The van der Waals surface area contributed by atoms with E-state index in [1.165, 1.54) is 24.3 Å². The van der Waals surface area contributed by atoms with Gasteiger partial charge in [-0.05, 0) is 42.5 Å². The first kappa shape index (κ1) is 24.2. The first-order chi connectivity index (χ1) is 18.3. The van der Waals surface area contributed by atoms with Crippen molar-refractivity contribution in [2.24, 2.45) is 11.8 Å². The maximum atomic E-state index is 13.8. The van der Waals surface area contributed by atoms with E-state index in [4.69, 9.17) is 0 Å². The van der Waals surface area contributed by atoms with Crippen LogP contribution in [-0.4, -0.2) is 40.4 Å². The smallest absolute Gasteiger partial charge is 0.240 e. The largest absolute Gasteiger partial charge is 0.359 e. The van der Waals surface area contributed by atoms with Crippen LogP contribution in [0.5, 0.6) is 0 Å². The molecule has 0 bridgehead atoms. The van der Waals surface area contributed by atoms with E-state index in [9.17, 15) is 23.6 Å². The molecular weight excluding hydrogens is 551 g/mol. The summed E-state index contributed by atoms with van der Waals surface area (Å²) in [5.74, 6) is -3.87. The summed E-state index contributed by atoms with van der Waals surface area (Å²) in [6.45, 7) is 0. The predicted molar refractivity (Wildman–Crippen MR) is 142 cm³/mol. The van der Waals surface area contributed by atoms with Crippen LogP contribution >= 0.6 is 15.9 Å². The molecule has 2 saturated heterocycles. The quantitative estimate of drug-likeness (QED) is 0.320. The van der Waals surface area contributed by atoms with Crippen LogP contribution < -0.4 is 4.90 Å². The Balaban J connectivity index is 1.43. The van der Waals surface area contributed by atoms with Gasteiger partial charge in [0, 0.05) is 27.4 Å². The SMILES string of the molecule is O=C(C1=C[C@@H]2[C@H]3C(=O)N(c4ccc(F)cc4)C(=O)[C@H]3[C@@H](C(=O)c3ccc(Br)cc3)N2C=C1)c1ccccc1.